The first-order valence-corrected chi connectivity index (χ1v) is 8.22. The van der Waals surface area contributed by atoms with Crippen LogP contribution in [0.2, 0.25) is 0 Å². The predicted molar refractivity (Wildman–Crippen MR) is 95.2 cm³/mol. The highest BCUT2D eigenvalue weighted by Crippen LogP contribution is 2.17. The van der Waals surface area contributed by atoms with Crippen molar-refractivity contribution in [1.82, 2.24) is 5.32 Å². The normalized spacial score (nSPS) is 13.1. The largest absolute Gasteiger partial charge is 0.368 e. The van der Waals surface area contributed by atoms with Crippen LogP contribution in [0.4, 0.5) is 0 Å². The van der Waals surface area contributed by atoms with E-state index in [0.29, 0.717) is 12.0 Å². The molecule has 0 saturated heterocycles. The van der Waals surface area contributed by atoms with Crippen LogP contribution >= 0.6 is 15.9 Å². The maximum absolute atomic E-state index is 12.5. The van der Waals surface area contributed by atoms with Crippen LogP contribution in [0.15, 0.2) is 59.1 Å². The van der Waals surface area contributed by atoms with Crippen LogP contribution in [-0.4, -0.2) is 25.0 Å². The molecule has 0 bridgehead atoms. The number of carbonyl (C=O) groups excluding carboxylic acids is 2. The quantitative estimate of drug-likeness (QED) is 0.760. The second-order valence-electron chi connectivity index (χ2n) is 5.32. The number of nitrogens with one attached hydrogen (secondary N) is 1. The molecule has 2 aromatic rings. The van der Waals surface area contributed by atoms with E-state index in [1.54, 1.807) is 12.1 Å². The summed E-state index contributed by atoms with van der Waals surface area (Å²) < 4.78 is 6.21. The molecule has 0 heterocycles. The molecule has 2 amide bonds. The molecule has 6 heteroatoms. The van der Waals surface area contributed by atoms with Gasteiger partial charge in [0.1, 0.15) is 6.04 Å². The molecule has 0 aliphatic carbocycles. The van der Waals surface area contributed by atoms with E-state index in [1.807, 2.05) is 42.5 Å². The molecule has 0 radical (unpaired) electrons. The summed E-state index contributed by atoms with van der Waals surface area (Å²) in [4.78, 5) is 24.2. The van der Waals surface area contributed by atoms with Gasteiger partial charge in [-0.05, 0) is 23.3 Å². The zero-order valence-corrected chi connectivity index (χ0v) is 14.8. The molecule has 0 unspecified atom stereocenters. The van der Waals surface area contributed by atoms with E-state index < -0.39 is 24.0 Å². The number of hydrogen-bond donors (Lipinski definition) is 2. The monoisotopic (exact) mass is 390 g/mol. The second kappa shape index (κ2) is 8.61. The average Bonchev–Trinajstić information content (AvgIpc) is 2.57. The number of rotatable bonds is 7. The lowest BCUT2D eigenvalue weighted by Gasteiger charge is -2.20. The molecule has 0 saturated carbocycles. The third-order valence-corrected chi connectivity index (χ3v) is 4.12. The lowest BCUT2D eigenvalue weighted by Crippen LogP contribution is -2.47. The highest BCUT2D eigenvalue weighted by molar-refractivity contribution is 9.10. The van der Waals surface area contributed by atoms with Crippen LogP contribution in [0, 0.1) is 0 Å². The molecule has 2 aromatic carbocycles. The van der Waals surface area contributed by atoms with Crippen molar-refractivity contribution in [3.63, 3.8) is 0 Å². The van der Waals surface area contributed by atoms with E-state index in [9.17, 15) is 9.59 Å². The third kappa shape index (κ3) is 4.91. The van der Waals surface area contributed by atoms with Gasteiger partial charge in [0.2, 0.25) is 5.91 Å². The van der Waals surface area contributed by atoms with Crippen molar-refractivity contribution in [2.24, 2.45) is 5.73 Å². The molecule has 0 aromatic heterocycles. The summed E-state index contributed by atoms with van der Waals surface area (Å²) in [6.45, 7) is 0. The number of primary amides is 1. The van der Waals surface area contributed by atoms with E-state index in [1.165, 1.54) is 7.11 Å². The zero-order valence-electron chi connectivity index (χ0n) is 13.2. The minimum absolute atomic E-state index is 0.319. The summed E-state index contributed by atoms with van der Waals surface area (Å²) in [5.74, 6) is -0.987. The Morgan fingerprint density at radius 1 is 1.12 bits per heavy atom. The fourth-order valence-electron chi connectivity index (χ4n) is 2.35. The summed E-state index contributed by atoms with van der Waals surface area (Å²) in [5, 5.41) is 2.68. The fraction of sp³-hybridized carbons (Fsp3) is 0.222. The number of nitrogens with two attached hydrogens (primary N) is 1. The van der Waals surface area contributed by atoms with Crippen molar-refractivity contribution in [3.05, 3.63) is 70.2 Å². The maximum Gasteiger partial charge on any atom is 0.254 e. The Balaban J connectivity index is 2.10. The number of carbonyl (C=O) groups is 2. The topological polar surface area (TPSA) is 81.4 Å². The van der Waals surface area contributed by atoms with Gasteiger partial charge in [-0.2, -0.15) is 0 Å². The lowest BCUT2D eigenvalue weighted by atomic mass is 10.0. The average molecular weight is 391 g/mol. The number of hydrogen-bond acceptors (Lipinski definition) is 3. The lowest BCUT2D eigenvalue weighted by molar-refractivity contribution is -0.134. The zero-order chi connectivity index (χ0) is 17.5. The molecule has 0 aliphatic rings. The van der Waals surface area contributed by atoms with Crippen molar-refractivity contribution < 1.29 is 14.3 Å². The van der Waals surface area contributed by atoms with Gasteiger partial charge in [-0.25, -0.2) is 0 Å². The van der Waals surface area contributed by atoms with Crippen LogP contribution in [0.5, 0.6) is 0 Å². The van der Waals surface area contributed by atoms with E-state index in [0.717, 1.165) is 10.0 Å². The number of ether oxygens (including phenoxy) is 1. The van der Waals surface area contributed by atoms with Gasteiger partial charge in [-0.15, -0.1) is 0 Å². The van der Waals surface area contributed by atoms with Crippen molar-refractivity contribution in [1.29, 1.82) is 0 Å². The Labute approximate surface area is 149 Å². The minimum atomic E-state index is -0.806. The van der Waals surface area contributed by atoms with Gasteiger partial charge >= 0.3 is 0 Å². The highest BCUT2D eigenvalue weighted by atomic mass is 79.9. The van der Waals surface area contributed by atoms with E-state index in [-0.39, 0.29) is 0 Å². The van der Waals surface area contributed by atoms with Gasteiger partial charge in [-0.1, -0.05) is 58.4 Å². The van der Waals surface area contributed by atoms with Gasteiger partial charge in [0.05, 0.1) is 0 Å². The van der Waals surface area contributed by atoms with Crippen LogP contribution in [0.3, 0.4) is 0 Å². The Bertz CT molecular complexity index is 689. The Hall–Kier alpha value is -2.18. The summed E-state index contributed by atoms with van der Waals surface area (Å²) in [6, 6.07) is 15.8. The molecular weight excluding hydrogens is 372 g/mol. The minimum Gasteiger partial charge on any atom is -0.368 e. The smallest absolute Gasteiger partial charge is 0.254 e. The van der Waals surface area contributed by atoms with Crippen molar-refractivity contribution in [2.75, 3.05) is 7.11 Å². The summed E-state index contributed by atoms with van der Waals surface area (Å²) in [6.07, 6.45) is -0.475. The second-order valence-corrected chi connectivity index (χ2v) is 6.24. The Kier molecular flexibility index (Phi) is 6.52. The first kappa shape index (κ1) is 18.2. The molecule has 3 N–H and O–H groups in total. The first-order chi connectivity index (χ1) is 11.5. The Morgan fingerprint density at radius 2 is 1.75 bits per heavy atom. The van der Waals surface area contributed by atoms with Crippen molar-refractivity contribution in [3.8, 4) is 0 Å². The van der Waals surface area contributed by atoms with Crippen molar-refractivity contribution >= 4 is 27.7 Å². The van der Waals surface area contributed by atoms with Crippen molar-refractivity contribution in [2.45, 2.75) is 18.6 Å². The molecule has 2 rings (SSSR count). The van der Waals surface area contributed by atoms with E-state index in [4.69, 9.17) is 10.5 Å². The molecule has 2 atom stereocenters. The molecule has 0 fully saturated rings. The number of methoxy groups -OCH3 is 1. The number of halogens is 1. The SMILES string of the molecule is CO[C@@H](C(=O)N[C@H](Cc1ccc(Br)cc1)C(N)=O)c1ccccc1. The molecule has 126 valence electrons. The highest BCUT2D eigenvalue weighted by Gasteiger charge is 2.25. The van der Waals surface area contributed by atoms with Gasteiger partial charge in [-0.3, -0.25) is 9.59 Å². The van der Waals surface area contributed by atoms with Gasteiger partial charge in [0.15, 0.2) is 6.10 Å². The van der Waals surface area contributed by atoms with Gasteiger partial charge < -0.3 is 15.8 Å². The van der Waals surface area contributed by atoms with Crippen LogP contribution in [0.25, 0.3) is 0 Å². The van der Waals surface area contributed by atoms with Crippen LogP contribution in [-0.2, 0) is 20.7 Å². The molecule has 24 heavy (non-hydrogen) atoms. The van der Waals surface area contributed by atoms with E-state index >= 15 is 0 Å². The summed E-state index contributed by atoms with van der Waals surface area (Å²) in [7, 11) is 1.45. The van der Waals surface area contributed by atoms with E-state index in [2.05, 4.69) is 21.2 Å². The standard InChI is InChI=1S/C18H19BrN2O3/c1-24-16(13-5-3-2-4-6-13)18(23)21-15(17(20)22)11-12-7-9-14(19)10-8-12/h2-10,15-16H,11H2,1H3,(H2,20,22)(H,21,23)/t15-,16-/m1/s1. The number of benzene rings is 2. The first-order valence-electron chi connectivity index (χ1n) is 7.43. The third-order valence-electron chi connectivity index (χ3n) is 3.59. The van der Waals surface area contributed by atoms with Crippen LogP contribution < -0.4 is 11.1 Å². The Morgan fingerprint density at radius 3 is 2.29 bits per heavy atom. The molecular formula is C18H19BrN2O3. The fourth-order valence-corrected chi connectivity index (χ4v) is 2.61. The predicted octanol–water partition coefficient (Wildman–Crippen LogP) is 2.35. The molecule has 0 spiro atoms. The molecule has 5 nitrogen and oxygen atoms in total. The maximum atomic E-state index is 12.5. The summed E-state index contributed by atoms with van der Waals surface area (Å²) in [5.41, 5.74) is 7.05. The number of amides is 2. The van der Waals surface area contributed by atoms with Gasteiger partial charge in [0.25, 0.3) is 5.91 Å². The van der Waals surface area contributed by atoms with Crippen LogP contribution in [0.1, 0.15) is 17.2 Å². The summed E-state index contributed by atoms with van der Waals surface area (Å²) >= 11 is 3.36. The van der Waals surface area contributed by atoms with Gasteiger partial charge in [0, 0.05) is 18.0 Å². The molecule has 0 aliphatic heterocycles.